The van der Waals surface area contributed by atoms with Crippen LogP contribution in [0.1, 0.15) is 48.9 Å². The molecule has 0 fully saturated rings. The molecule has 0 bridgehead atoms. The monoisotopic (exact) mass is 227 g/mol. The number of hydrogen-bond acceptors (Lipinski definition) is 4. The molecule has 1 rings (SSSR count). The third kappa shape index (κ3) is 2.57. The summed E-state index contributed by atoms with van der Waals surface area (Å²) >= 11 is 0. The van der Waals surface area contributed by atoms with Crippen LogP contribution in [0.15, 0.2) is 0 Å². The first kappa shape index (κ1) is 12.6. The molecule has 0 aliphatic rings. The van der Waals surface area contributed by atoms with Crippen molar-refractivity contribution < 1.29 is 15.0 Å². The highest BCUT2D eigenvalue weighted by atomic mass is 16.4. The smallest absolute Gasteiger partial charge is 0.358 e. The van der Waals surface area contributed by atoms with Crippen LogP contribution in [0.25, 0.3) is 0 Å². The zero-order chi connectivity index (χ0) is 12.1. The summed E-state index contributed by atoms with van der Waals surface area (Å²) in [5.41, 5.74) is 0.655. The molecule has 0 aliphatic carbocycles. The van der Waals surface area contributed by atoms with Crippen LogP contribution in [0.2, 0.25) is 0 Å². The summed E-state index contributed by atoms with van der Waals surface area (Å²) in [7, 11) is 0. The molecule has 2 N–H and O–H groups in total. The summed E-state index contributed by atoms with van der Waals surface area (Å²) in [6.45, 7) is 3.91. The Hall–Kier alpha value is -1.43. The maximum atomic E-state index is 10.9. The molecule has 0 saturated heterocycles. The molecule has 1 unspecified atom stereocenters. The average Bonchev–Trinajstić information content (AvgIpc) is 2.62. The molecule has 0 aliphatic heterocycles. The standard InChI is InChI=1S/C10H17N3O3/c1-3-4-8-9(10(15)16)11-12-13(8)7(2)5-6-14/h7,14H,3-6H2,1-2H3,(H,15,16). The first-order valence-corrected chi connectivity index (χ1v) is 5.40. The first-order valence-electron chi connectivity index (χ1n) is 5.40. The molecule has 6 heteroatoms. The Kier molecular flexibility index (Phi) is 4.42. The molecule has 1 atom stereocenters. The zero-order valence-electron chi connectivity index (χ0n) is 9.55. The number of carboxylic acids is 1. The van der Waals surface area contributed by atoms with Gasteiger partial charge in [0.05, 0.1) is 11.7 Å². The van der Waals surface area contributed by atoms with Crippen LogP contribution in [-0.2, 0) is 6.42 Å². The summed E-state index contributed by atoms with van der Waals surface area (Å²) < 4.78 is 1.60. The van der Waals surface area contributed by atoms with Crippen LogP contribution in [0, 0.1) is 0 Å². The van der Waals surface area contributed by atoms with Crippen LogP contribution < -0.4 is 0 Å². The van der Waals surface area contributed by atoms with E-state index in [1.54, 1.807) is 4.68 Å². The number of carbonyl (C=O) groups is 1. The molecule has 0 radical (unpaired) electrons. The number of nitrogens with zero attached hydrogens (tertiary/aromatic N) is 3. The molecule has 1 heterocycles. The lowest BCUT2D eigenvalue weighted by atomic mass is 10.1. The maximum Gasteiger partial charge on any atom is 0.358 e. The Morgan fingerprint density at radius 2 is 2.25 bits per heavy atom. The van der Waals surface area contributed by atoms with Gasteiger partial charge in [0.25, 0.3) is 0 Å². The van der Waals surface area contributed by atoms with E-state index in [1.165, 1.54) is 0 Å². The minimum atomic E-state index is -1.05. The van der Waals surface area contributed by atoms with Gasteiger partial charge in [-0.2, -0.15) is 0 Å². The number of aromatic nitrogens is 3. The van der Waals surface area contributed by atoms with Crippen molar-refractivity contribution in [1.29, 1.82) is 0 Å². The topological polar surface area (TPSA) is 88.2 Å². The van der Waals surface area contributed by atoms with Crippen LogP contribution >= 0.6 is 0 Å². The molecular weight excluding hydrogens is 210 g/mol. The quantitative estimate of drug-likeness (QED) is 0.752. The van der Waals surface area contributed by atoms with Crippen molar-refractivity contribution in [2.75, 3.05) is 6.61 Å². The minimum absolute atomic E-state index is 0.0200. The zero-order valence-corrected chi connectivity index (χ0v) is 9.55. The Labute approximate surface area is 93.9 Å². The average molecular weight is 227 g/mol. The van der Waals surface area contributed by atoms with E-state index in [2.05, 4.69) is 10.3 Å². The van der Waals surface area contributed by atoms with E-state index in [0.29, 0.717) is 18.5 Å². The number of aliphatic hydroxyl groups is 1. The van der Waals surface area contributed by atoms with E-state index in [9.17, 15) is 4.79 Å². The largest absolute Gasteiger partial charge is 0.476 e. The molecule has 0 saturated carbocycles. The van der Waals surface area contributed by atoms with Crippen molar-refractivity contribution in [2.45, 2.75) is 39.2 Å². The number of aliphatic hydroxyl groups excluding tert-OH is 1. The van der Waals surface area contributed by atoms with Gasteiger partial charge in [0.15, 0.2) is 5.69 Å². The number of aromatic carboxylic acids is 1. The van der Waals surface area contributed by atoms with Crippen molar-refractivity contribution >= 4 is 5.97 Å². The Balaban J connectivity index is 3.04. The fraction of sp³-hybridized carbons (Fsp3) is 0.700. The van der Waals surface area contributed by atoms with Gasteiger partial charge in [0.1, 0.15) is 0 Å². The number of hydrogen-bond donors (Lipinski definition) is 2. The number of carboxylic acid groups (broad SMARTS) is 1. The van der Waals surface area contributed by atoms with Crippen molar-refractivity contribution in [2.24, 2.45) is 0 Å². The molecular formula is C10H17N3O3. The SMILES string of the molecule is CCCc1c(C(=O)O)nnn1C(C)CCO. The maximum absolute atomic E-state index is 10.9. The Bertz CT molecular complexity index is 362. The second kappa shape index (κ2) is 5.60. The molecule has 1 aromatic heterocycles. The van der Waals surface area contributed by atoms with E-state index in [-0.39, 0.29) is 18.3 Å². The highest BCUT2D eigenvalue weighted by Gasteiger charge is 2.20. The fourth-order valence-corrected chi connectivity index (χ4v) is 1.61. The van der Waals surface area contributed by atoms with E-state index in [4.69, 9.17) is 10.2 Å². The second-order valence-electron chi connectivity index (χ2n) is 3.75. The van der Waals surface area contributed by atoms with Crippen molar-refractivity contribution in [3.63, 3.8) is 0 Å². The van der Waals surface area contributed by atoms with E-state index < -0.39 is 5.97 Å². The van der Waals surface area contributed by atoms with Crippen LogP contribution in [0.3, 0.4) is 0 Å². The van der Waals surface area contributed by atoms with Crippen molar-refractivity contribution in [3.05, 3.63) is 11.4 Å². The second-order valence-corrected chi connectivity index (χ2v) is 3.75. The van der Waals surface area contributed by atoms with Gasteiger partial charge in [-0.05, 0) is 19.8 Å². The highest BCUT2D eigenvalue weighted by molar-refractivity contribution is 5.86. The normalized spacial score (nSPS) is 12.7. The summed E-state index contributed by atoms with van der Waals surface area (Å²) in [6, 6.07) is -0.0350. The predicted octanol–water partition coefficient (Wildman–Crippen LogP) is 0.872. The van der Waals surface area contributed by atoms with Gasteiger partial charge in [0, 0.05) is 6.61 Å². The van der Waals surface area contributed by atoms with Crippen LogP contribution in [0.5, 0.6) is 0 Å². The minimum Gasteiger partial charge on any atom is -0.476 e. The Morgan fingerprint density at radius 1 is 1.56 bits per heavy atom. The Morgan fingerprint density at radius 3 is 2.75 bits per heavy atom. The van der Waals surface area contributed by atoms with E-state index in [0.717, 1.165) is 6.42 Å². The van der Waals surface area contributed by atoms with Gasteiger partial charge >= 0.3 is 5.97 Å². The summed E-state index contributed by atoms with van der Waals surface area (Å²) in [4.78, 5) is 10.9. The van der Waals surface area contributed by atoms with Gasteiger partial charge in [-0.3, -0.25) is 0 Å². The molecule has 0 spiro atoms. The summed E-state index contributed by atoms with van der Waals surface area (Å²) in [5.74, 6) is -1.05. The number of rotatable bonds is 6. The predicted molar refractivity (Wildman–Crippen MR) is 57.4 cm³/mol. The third-order valence-corrected chi connectivity index (χ3v) is 2.44. The molecule has 16 heavy (non-hydrogen) atoms. The molecule has 6 nitrogen and oxygen atoms in total. The van der Waals surface area contributed by atoms with Gasteiger partial charge in [-0.15, -0.1) is 5.10 Å². The van der Waals surface area contributed by atoms with Crippen molar-refractivity contribution in [3.8, 4) is 0 Å². The van der Waals surface area contributed by atoms with Gasteiger partial charge in [0.2, 0.25) is 0 Å². The van der Waals surface area contributed by atoms with Crippen molar-refractivity contribution in [1.82, 2.24) is 15.0 Å². The summed E-state index contributed by atoms with van der Waals surface area (Å²) in [5, 5.41) is 25.3. The third-order valence-electron chi connectivity index (χ3n) is 2.44. The lowest BCUT2D eigenvalue weighted by molar-refractivity contribution is 0.0689. The van der Waals surface area contributed by atoms with Gasteiger partial charge in [-0.25, -0.2) is 9.48 Å². The highest BCUT2D eigenvalue weighted by Crippen LogP contribution is 2.16. The summed E-state index contributed by atoms with van der Waals surface area (Å²) in [6.07, 6.45) is 2.00. The van der Waals surface area contributed by atoms with E-state index in [1.807, 2.05) is 13.8 Å². The fourth-order valence-electron chi connectivity index (χ4n) is 1.61. The van der Waals surface area contributed by atoms with Crippen LogP contribution in [0.4, 0.5) is 0 Å². The van der Waals surface area contributed by atoms with Gasteiger partial charge < -0.3 is 10.2 Å². The lowest BCUT2D eigenvalue weighted by Crippen LogP contribution is -2.13. The molecule has 1 aromatic rings. The molecule has 0 amide bonds. The van der Waals surface area contributed by atoms with Gasteiger partial charge in [-0.1, -0.05) is 18.6 Å². The molecule has 90 valence electrons. The first-order chi connectivity index (χ1) is 7.61. The van der Waals surface area contributed by atoms with Crippen LogP contribution in [-0.4, -0.2) is 37.8 Å². The lowest BCUT2D eigenvalue weighted by Gasteiger charge is -2.13. The molecule has 0 aromatic carbocycles. The van der Waals surface area contributed by atoms with E-state index >= 15 is 0 Å².